The Labute approximate surface area is 162 Å². The zero-order chi connectivity index (χ0) is 19.9. The van der Waals surface area contributed by atoms with E-state index < -0.39 is 21.1 Å². The number of hydrogen-bond acceptors (Lipinski definition) is 5. The molecule has 1 fully saturated rings. The van der Waals surface area contributed by atoms with Gasteiger partial charge >= 0.3 is 0 Å². The van der Waals surface area contributed by atoms with Gasteiger partial charge in [0.15, 0.2) is 5.82 Å². The number of nitrogens with zero attached hydrogens (tertiary/aromatic N) is 3. The third-order valence-electron chi connectivity index (χ3n) is 5.31. The Morgan fingerprint density at radius 2 is 1.93 bits per heavy atom. The lowest BCUT2D eigenvalue weighted by Crippen LogP contribution is -2.30. The highest BCUT2D eigenvalue weighted by Crippen LogP contribution is 2.36. The van der Waals surface area contributed by atoms with Crippen LogP contribution in [0, 0.1) is 5.82 Å². The summed E-state index contributed by atoms with van der Waals surface area (Å²) in [6.45, 7) is 0. The van der Waals surface area contributed by atoms with Crippen molar-refractivity contribution in [2.75, 3.05) is 10.5 Å². The van der Waals surface area contributed by atoms with Crippen molar-refractivity contribution in [2.24, 2.45) is 7.05 Å². The summed E-state index contributed by atoms with van der Waals surface area (Å²) in [4.78, 5) is 8.20. The molecule has 3 aromatic rings. The Hall–Kier alpha value is -2.68. The second kappa shape index (κ2) is 7.05. The number of sulfonamides is 1. The van der Waals surface area contributed by atoms with E-state index in [9.17, 15) is 8.42 Å². The Kier molecular flexibility index (Phi) is 4.70. The molecule has 7 nitrogen and oxygen atoms in total. The number of anilines is 2. The molecule has 28 heavy (non-hydrogen) atoms. The smallest absolute Gasteiger partial charge is 0.235 e. The summed E-state index contributed by atoms with van der Waals surface area (Å²) in [7, 11) is -1.86. The predicted molar refractivity (Wildman–Crippen MR) is 108 cm³/mol. The van der Waals surface area contributed by atoms with Gasteiger partial charge in [-0.3, -0.25) is 4.72 Å². The Bertz CT molecular complexity index is 1140. The van der Waals surface area contributed by atoms with Gasteiger partial charge in [0.2, 0.25) is 10.0 Å². The van der Waals surface area contributed by atoms with Crippen molar-refractivity contribution in [3.63, 3.8) is 0 Å². The molecule has 0 unspecified atom stereocenters. The van der Waals surface area contributed by atoms with E-state index in [1.807, 2.05) is 0 Å². The largest absolute Gasteiger partial charge is 0.383 e. The minimum absolute atomic E-state index is 0.0597. The quantitative estimate of drug-likeness (QED) is 0.695. The van der Waals surface area contributed by atoms with Crippen LogP contribution < -0.4 is 10.5 Å². The number of benzene rings is 1. The Morgan fingerprint density at radius 1 is 1.18 bits per heavy atom. The summed E-state index contributed by atoms with van der Waals surface area (Å²) in [5, 5.41) is 0.0575. The number of aromatic nitrogens is 3. The molecular weight excluding hydrogens is 381 g/mol. The van der Waals surface area contributed by atoms with Crippen LogP contribution in [-0.2, 0) is 17.1 Å². The fraction of sp³-hybridized carbons (Fsp3) is 0.368. The number of hydrogen-bond donors (Lipinski definition) is 2. The van der Waals surface area contributed by atoms with E-state index in [0.29, 0.717) is 29.4 Å². The Balaban J connectivity index is 1.76. The van der Waals surface area contributed by atoms with Crippen molar-refractivity contribution in [3.05, 3.63) is 36.5 Å². The second-order valence-electron chi connectivity index (χ2n) is 7.19. The first-order valence-corrected chi connectivity index (χ1v) is 10.8. The minimum atomic E-state index is -3.65. The summed E-state index contributed by atoms with van der Waals surface area (Å²) in [5.41, 5.74) is 7.28. The molecule has 3 N–H and O–H groups in total. The van der Waals surface area contributed by atoms with Crippen LogP contribution in [0.1, 0.15) is 32.1 Å². The van der Waals surface area contributed by atoms with Gasteiger partial charge in [-0.05, 0) is 18.9 Å². The summed E-state index contributed by atoms with van der Waals surface area (Å²) in [6.07, 6.45) is 7.08. The lowest BCUT2D eigenvalue weighted by Gasteiger charge is -2.22. The molecule has 148 valence electrons. The normalized spacial score (nSPS) is 15.8. The summed E-state index contributed by atoms with van der Waals surface area (Å²) in [5.74, 6) is -0.397. The third kappa shape index (κ3) is 3.19. The highest BCUT2D eigenvalue weighted by atomic mass is 32.2. The zero-order valence-electron chi connectivity index (χ0n) is 15.5. The lowest BCUT2D eigenvalue weighted by atomic mass is 10.0. The van der Waals surface area contributed by atoms with Gasteiger partial charge < -0.3 is 10.3 Å². The average Bonchev–Trinajstić information content (AvgIpc) is 3.02. The van der Waals surface area contributed by atoms with Gasteiger partial charge in [-0.15, -0.1) is 0 Å². The fourth-order valence-electron chi connectivity index (χ4n) is 3.87. The first-order valence-electron chi connectivity index (χ1n) is 9.24. The molecule has 0 radical (unpaired) electrons. The summed E-state index contributed by atoms with van der Waals surface area (Å²) in [6, 6.07) is 4.65. The molecule has 0 saturated heterocycles. The molecule has 1 aliphatic rings. The van der Waals surface area contributed by atoms with Crippen molar-refractivity contribution in [2.45, 2.75) is 37.4 Å². The van der Waals surface area contributed by atoms with Gasteiger partial charge in [0.25, 0.3) is 0 Å². The van der Waals surface area contributed by atoms with Crippen molar-refractivity contribution in [1.82, 2.24) is 14.5 Å². The van der Waals surface area contributed by atoms with Gasteiger partial charge in [-0.25, -0.2) is 22.8 Å². The van der Waals surface area contributed by atoms with E-state index in [1.54, 1.807) is 29.9 Å². The first-order chi connectivity index (χ1) is 13.4. The maximum atomic E-state index is 15.3. The molecule has 1 aliphatic carbocycles. The van der Waals surface area contributed by atoms with Crippen molar-refractivity contribution in [3.8, 4) is 11.1 Å². The van der Waals surface area contributed by atoms with Crippen molar-refractivity contribution in [1.29, 1.82) is 0 Å². The van der Waals surface area contributed by atoms with E-state index in [4.69, 9.17) is 5.73 Å². The number of rotatable bonds is 4. The highest BCUT2D eigenvalue weighted by molar-refractivity contribution is 7.93. The average molecular weight is 403 g/mol. The number of nitrogens with two attached hydrogens (primary N) is 1. The topological polar surface area (TPSA) is 103 Å². The van der Waals surface area contributed by atoms with Crippen LogP contribution in [-0.4, -0.2) is 28.2 Å². The second-order valence-corrected chi connectivity index (χ2v) is 9.15. The SMILES string of the molecule is Cn1cc(-c2cccc(NS(=O)(=O)C3CCCCC3)c2F)c2c(N)ncnc21. The molecule has 0 atom stereocenters. The van der Waals surface area contributed by atoms with E-state index in [2.05, 4.69) is 14.7 Å². The number of halogens is 1. The van der Waals surface area contributed by atoms with E-state index >= 15 is 4.39 Å². The van der Waals surface area contributed by atoms with Crippen LogP contribution in [0.2, 0.25) is 0 Å². The molecule has 9 heteroatoms. The molecule has 2 heterocycles. The number of nitrogens with one attached hydrogen (secondary N) is 1. The van der Waals surface area contributed by atoms with Crippen LogP contribution in [0.5, 0.6) is 0 Å². The molecule has 0 spiro atoms. The van der Waals surface area contributed by atoms with Crippen LogP contribution in [0.25, 0.3) is 22.2 Å². The van der Waals surface area contributed by atoms with Gasteiger partial charge in [0.05, 0.1) is 16.3 Å². The number of fused-ring (bicyclic) bond motifs is 1. The predicted octanol–water partition coefficient (Wildman–Crippen LogP) is 3.43. The Morgan fingerprint density at radius 3 is 2.68 bits per heavy atom. The van der Waals surface area contributed by atoms with Gasteiger partial charge in [0.1, 0.15) is 17.8 Å². The summed E-state index contributed by atoms with van der Waals surface area (Å²) < 4.78 is 44.9. The van der Waals surface area contributed by atoms with E-state index in [0.717, 1.165) is 19.3 Å². The first kappa shape index (κ1) is 18.7. The van der Waals surface area contributed by atoms with Crippen LogP contribution in [0.3, 0.4) is 0 Å². The van der Waals surface area contributed by atoms with Crippen molar-refractivity contribution >= 4 is 32.6 Å². The maximum absolute atomic E-state index is 15.3. The standard InChI is InChI=1S/C19H22FN5O2S/c1-25-10-14(16-18(21)22-11-23-19(16)25)13-8-5-9-15(17(13)20)24-28(26,27)12-6-3-2-4-7-12/h5,8-12,24H,2-4,6-7H2,1H3,(H2,21,22,23). The van der Waals surface area contributed by atoms with E-state index in [-0.39, 0.29) is 17.1 Å². The third-order valence-corrected chi connectivity index (χ3v) is 7.17. The molecule has 0 aliphatic heterocycles. The monoisotopic (exact) mass is 403 g/mol. The highest BCUT2D eigenvalue weighted by Gasteiger charge is 2.28. The molecule has 0 amide bonds. The van der Waals surface area contributed by atoms with E-state index in [1.165, 1.54) is 12.4 Å². The van der Waals surface area contributed by atoms with Crippen LogP contribution >= 0.6 is 0 Å². The van der Waals surface area contributed by atoms with Crippen LogP contribution in [0.15, 0.2) is 30.7 Å². The zero-order valence-corrected chi connectivity index (χ0v) is 16.3. The van der Waals surface area contributed by atoms with Crippen molar-refractivity contribution < 1.29 is 12.8 Å². The minimum Gasteiger partial charge on any atom is -0.383 e. The molecule has 4 rings (SSSR count). The lowest BCUT2D eigenvalue weighted by molar-refractivity contribution is 0.486. The van der Waals surface area contributed by atoms with Gasteiger partial charge in [-0.2, -0.15) is 0 Å². The molecule has 1 saturated carbocycles. The maximum Gasteiger partial charge on any atom is 0.235 e. The molecule has 1 aromatic carbocycles. The molecular formula is C19H22FN5O2S. The molecule has 2 aromatic heterocycles. The van der Waals surface area contributed by atoms with Crippen LogP contribution in [0.4, 0.5) is 15.9 Å². The van der Waals surface area contributed by atoms with Gasteiger partial charge in [-0.1, -0.05) is 31.4 Å². The summed E-state index contributed by atoms with van der Waals surface area (Å²) >= 11 is 0. The number of nitrogen functional groups attached to an aromatic ring is 1. The number of aryl methyl sites for hydroxylation is 1. The fourth-order valence-corrected chi connectivity index (χ4v) is 5.45. The molecule has 0 bridgehead atoms. The van der Waals surface area contributed by atoms with Gasteiger partial charge in [0, 0.05) is 24.4 Å².